The van der Waals surface area contributed by atoms with Gasteiger partial charge in [0.25, 0.3) is 0 Å². The molecule has 0 spiro atoms. The number of nitrogens with one attached hydrogen (secondary N) is 1. The van der Waals surface area contributed by atoms with E-state index in [9.17, 15) is 4.79 Å². The van der Waals surface area contributed by atoms with E-state index in [1.165, 1.54) is 0 Å². The second kappa shape index (κ2) is 6.12. The first kappa shape index (κ1) is 11.6. The number of hydrogen-bond acceptors (Lipinski definition) is 2. The normalized spacial score (nSPS) is 10.0. The zero-order valence-electron chi connectivity index (χ0n) is 8.02. The lowest BCUT2D eigenvalue weighted by Crippen LogP contribution is -2.34. The molecule has 0 atom stereocenters. The molecule has 0 saturated heterocycles. The van der Waals surface area contributed by atoms with Crippen molar-refractivity contribution in [3.63, 3.8) is 0 Å². The molecule has 0 amide bonds. The lowest BCUT2D eigenvalue weighted by Gasteiger charge is -2.09. The molecular weight excluding hydrogens is 170 g/mol. The zero-order valence-corrected chi connectivity index (χ0v) is 8.83. The fourth-order valence-electron chi connectivity index (χ4n) is 0.794. The number of hydrogen-bond donors (Lipinski definition) is 1. The second-order valence-corrected chi connectivity index (χ2v) is 3.56. The van der Waals surface area contributed by atoms with Gasteiger partial charge in [0.15, 0.2) is 5.78 Å². The van der Waals surface area contributed by atoms with Crippen molar-refractivity contribution in [2.75, 3.05) is 0 Å². The van der Waals surface area contributed by atoms with Crippen molar-refractivity contribution in [3.05, 3.63) is 0 Å². The molecule has 0 aliphatic carbocycles. The van der Waals surface area contributed by atoms with Crippen LogP contribution in [0.2, 0.25) is 0 Å². The molecule has 2 nitrogen and oxygen atoms in total. The molecule has 3 heteroatoms. The van der Waals surface area contributed by atoms with Gasteiger partial charge in [0.2, 0.25) is 0 Å². The van der Waals surface area contributed by atoms with Crippen LogP contribution in [0.25, 0.3) is 0 Å². The van der Waals surface area contributed by atoms with Gasteiger partial charge in [-0.1, -0.05) is 25.6 Å². The molecule has 0 bridgehead atoms. The molecule has 0 aliphatic rings. The minimum Gasteiger partial charge on any atom is -0.371 e. The molecule has 0 rings (SSSR count). The number of carbonyl (C=O) groups excluding carboxylic acids is 1. The van der Waals surface area contributed by atoms with Gasteiger partial charge < -0.3 is 5.32 Å². The fourth-order valence-corrected chi connectivity index (χ4v) is 1.13. The number of Topliss-reactive ketones (excluding diaryl/α,β-unsaturated/α-hetero) is 1. The van der Waals surface area contributed by atoms with Gasteiger partial charge in [-0.15, -0.1) is 0 Å². The summed E-state index contributed by atoms with van der Waals surface area (Å²) < 4.78 is 0. The first-order valence-corrected chi connectivity index (χ1v) is 4.82. The maximum absolute atomic E-state index is 11.2. The Morgan fingerprint density at radius 3 is 2.50 bits per heavy atom. The van der Waals surface area contributed by atoms with Crippen LogP contribution in [0.4, 0.5) is 0 Å². The monoisotopic (exact) mass is 187 g/mol. The summed E-state index contributed by atoms with van der Waals surface area (Å²) in [4.78, 5) is 11.6. The van der Waals surface area contributed by atoms with Crippen molar-refractivity contribution in [1.29, 1.82) is 0 Å². The van der Waals surface area contributed by atoms with Gasteiger partial charge in [-0.3, -0.25) is 4.79 Å². The molecule has 12 heavy (non-hydrogen) atoms. The number of unbranched alkanes of at least 4 members (excludes halogenated alkanes) is 1. The molecule has 70 valence electrons. The molecule has 0 radical (unpaired) electrons. The summed E-state index contributed by atoms with van der Waals surface area (Å²) in [7, 11) is 0. The van der Waals surface area contributed by atoms with Crippen LogP contribution in [-0.2, 0) is 4.79 Å². The molecule has 0 heterocycles. The minimum absolute atomic E-state index is 0.0700. The smallest absolute Gasteiger partial charge is 0.189 e. The summed E-state index contributed by atoms with van der Waals surface area (Å²) in [6, 6.07) is 0.253. The van der Waals surface area contributed by atoms with Crippen molar-refractivity contribution in [2.45, 2.75) is 46.1 Å². The van der Waals surface area contributed by atoms with E-state index in [1.807, 2.05) is 13.8 Å². The van der Waals surface area contributed by atoms with Crippen LogP contribution in [0.15, 0.2) is 0 Å². The number of ketones is 1. The second-order valence-electron chi connectivity index (χ2n) is 3.15. The lowest BCUT2D eigenvalue weighted by molar-refractivity contribution is -0.113. The van der Waals surface area contributed by atoms with Gasteiger partial charge in [-0.05, 0) is 20.3 Å². The summed E-state index contributed by atoms with van der Waals surface area (Å²) in [5.74, 6) is 0.0700. The van der Waals surface area contributed by atoms with E-state index in [1.54, 1.807) is 0 Å². The van der Waals surface area contributed by atoms with E-state index in [0.29, 0.717) is 11.4 Å². The van der Waals surface area contributed by atoms with Gasteiger partial charge in [0.1, 0.15) is 4.99 Å². The van der Waals surface area contributed by atoms with Gasteiger partial charge in [0.05, 0.1) is 0 Å². The van der Waals surface area contributed by atoms with Crippen LogP contribution in [0, 0.1) is 0 Å². The van der Waals surface area contributed by atoms with Crippen molar-refractivity contribution < 1.29 is 4.79 Å². The summed E-state index contributed by atoms with van der Waals surface area (Å²) >= 11 is 4.91. The Morgan fingerprint density at radius 2 is 2.08 bits per heavy atom. The summed E-state index contributed by atoms with van der Waals surface area (Å²) in [6.45, 7) is 6.00. The van der Waals surface area contributed by atoms with Crippen LogP contribution in [0.3, 0.4) is 0 Å². The highest BCUT2D eigenvalue weighted by Crippen LogP contribution is 1.96. The summed E-state index contributed by atoms with van der Waals surface area (Å²) in [6.07, 6.45) is 2.55. The van der Waals surface area contributed by atoms with Crippen LogP contribution in [0.5, 0.6) is 0 Å². The summed E-state index contributed by atoms with van der Waals surface area (Å²) in [5.41, 5.74) is 0. The van der Waals surface area contributed by atoms with Crippen LogP contribution < -0.4 is 5.32 Å². The lowest BCUT2D eigenvalue weighted by atomic mass is 10.2. The maximum Gasteiger partial charge on any atom is 0.189 e. The van der Waals surface area contributed by atoms with E-state index >= 15 is 0 Å². The van der Waals surface area contributed by atoms with Crippen molar-refractivity contribution in [1.82, 2.24) is 5.32 Å². The molecule has 1 N–H and O–H groups in total. The molecule has 0 saturated carbocycles. The van der Waals surface area contributed by atoms with Crippen molar-refractivity contribution in [3.8, 4) is 0 Å². The molecular formula is C9H17NOS. The molecule has 0 unspecified atom stereocenters. The zero-order chi connectivity index (χ0) is 9.56. The molecule has 0 aromatic heterocycles. The number of rotatable bonds is 5. The number of thiocarbonyl (C=S) groups is 1. The standard InChI is InChI=1S/C9H17NOS/c1-4-5-6-8(11)9(12)10-7(2)3/h7H,4-6H2,1-3H3,(H,10,12). The minimum atomic E-state index is 0.0700. The average Bonchev–Trinajstić information content (AvgIpc) is 1.98. The molecule has 0 aromatic rings. The fraction of sp³-hybridized carbons (Fsp3) is 0.778. The highest BCUT2D eigenvalue weighted by atomic mass is 32.1. The van der Waals surface area contributed by atoms with E-state index in [0.717, 1.165) is 12.8 Å². The average molecular weight is 187 g/mol. The van der Waals surface area contributed by atoms with Gasteiger partial charge >= 0.3 is 0 Å². The van der Waals surface area contributed by atoms with Gasteiger partial charge in [-0.2, -0.15) is 0 Å². The van der Waals surface area contributed by atoms with E-state index < -0.39 is 0 Å². The highest BCUT2D eigenvalue weighted by Gasteiger charge is 2.08. The Balaban J connectivity index is 3.70. The Morgan fingerprint density at radius 1 is 1.50 bits per heavy atom. The van der Waals surface area contributed by atoms with Crippen molar-refractivity contribution in [2.24, 2.45) is 0 Å². The van der Waals surface area contributed by atoms with Crippen molar-refractivity contribution >= 4 is 23.0 Å². The third-order valence-corrected chi connectivity index (χ3v) is 1.78. The molecule has 0 aromatic carbocycles. The Hall–Kier alpha value is -0.440. The largest absolute Gasteiger partial charge is 0.371 e. The summed E-state index contributed by atoms with van der Waals surface area (Å²) in [5, 5.41) is 2.93. The predicted molar refractivity (Wildman–Crippen MR) is 55.4 cm³/mol. The Bertz CT molecular complexity index is 166. The first-order chi connectivity index (χ1) is 5.57. The first-order valence-electron chi connectivity index (χ1n) is 4.41. The van der Waals surface area contributed by atoms with Crippen LogP contribution in [-0.4, -0.2) is 16.8 Å². The van der Waals surface area contributed by atoms with E-state index in [4.69, 9.17) is 12.2 Å². The van der Waals surface area contributed by atoms with Crippen LogP contribution >= 0.6 is 12.2 Å². The number of carbonyl (C=O) groups is 1. The van der Waals surface area contributed by atoms with Gasteiger partial charge in [-0.25, -0.2) is 0 Å². The molecule has 0 aliphatic heterocycles. The maximum atomic E-state index is 11.2. The quantitative estimate of drug-likeness (QED) is 0.668. The predicted octanol–water partition coefficient (Wildman–Crippen LogP) is 2.07. The third-order valence-electron chi connectivity index (χ3n) is 1.43. The van der Waals surface area contributed by atoms with Crippen LogP contribution in [0.1, 0.15) is 40.0 Å². The van der Waals surface area contributed by atoms with E-state index in [2.05, 4.69) is 12.2 Å². The third kappa shape index (κ3) is 5.24. The topological polar surface area (TPSA) is 29.1 Å². The Labute approximate surface area is 79.7 Å². The Kier molecular flexibility index (Phi) is 5.89. The van der Waals surface area contributed by atoms with Gasteiger partial charge in [0, 0.05) is 12.5 Å². The SMILES string of the molecule is CCCCC(=O)C(=S)NC(C)C. The molecule has 0 fully saturated rings. The van der Waals surface area contributed by atoms with E-state index in [-0.39, 0.29) is 11.8 Å². The highest BCUT2D eigenvalue weighted by molar-refractivity contribution is 7.82.